The average Bonchev–Trinajstić information content (AvgIpc) is 2.89. The van der Waals surface area contributed by atoms with E-state index in [1.165, 1.54) is 16.6 Å². The van der Waals surface area contributed by atoms with Crippen LogP contribution in [-0.2, 0) is 0 Å². The number of nitrogen functional groups attached to an aromatic ring is 1. The van der Waals surface area contributed by atoms with Crippen molar-refractivity contribution in [1.82, 2.24) is 14.6 Å². The molecular weight excluding hydrogens is 268 g/mol. The highest BCUT2D eigenvalue weighted by atomic mass is 16.4. The fourth-order valence-electron chi connectivity index (χ4n) is 1.76. The first kappa shape index (κ1) is 14.3. The summed E-state index contributed by atoms with van der Waals surface area (Å²) in [5.41, 5.74) is 5.96. The van der Waals surface area contributed by atoms with Crippen molar-refractivity contribution in [2.45, 2.75) is 18.3 Å². The van der Waals surface area contributed by atoms with Crippen molar-refractivity contribution >= 4 is 17.1 Å². The van der Waals surface area contributed by atoms with E-state index in [1.807, 2.05) is 0 Å². The zero-order valence-corrected chi connectivity index (χ0v) is 10.3. The Labute approximate surface area is 112 Å². The zero-order valence-electron chi connectivity index (χ0n) is 10.3. The number of hydrogen-bond acceptors (Lipinski definition) is 8. The summed E-state index contributed by atoms with van der Waals surface area (Å²) in [6, 6.07) is 2.86. The Morgan fingerprint density at radius 3 is 2.70 bits per heavy atom. The molecule has 6 N–H and O–H groups in total. The summed E-state index contributed by atoms with van der Waals surface area (Å²) in [5.74, 6) is -0.701. The fraction of sp³-hybridized carbons (Fsp3) is 0.364. The van der Waals surface area contributed by atoms with Crippen LogP contribution in [0.25, 0.3) is 5.52 Å². The van der Waals surface area contributed by atoms with Gasteiger partial charge in [-0.05, 0) is 12.1 Å². The third-order valence-corrected chi connectivity index (χ3v) is 2.91. The van der Waals surface area contributed by atoms with Gasteiger partial charge in [-0.2, -0.15) is 5.10 Å². The van der Waals surface area contributed by atoms with E-state index in [1.54, 1.807) is 0 Å². The number of nitrogens with two attached hydrogens (primary N) is 1. The number of ketones is 1. The molecule has 0 unspecified atom stereocenters. The highest BCUT2D eigenvalue weighted by Gasteiger charge is 2.32. The van der Waals surface area contributed by atoms with Crippen molar-refractivity contribution < 1.29 is 25.2 Å². The number of nitrogens with zero attached hydrogens (tertiary/aromatic N) is 3. The lowest BCUT2D eigenvalue weighted by atomic mass is 10.0. The number of aromatic nitrogens is 3. The SMILES string of the molecule is Nc1ncnn2c(C(=O)[C@H](O)[C@H](O)[C@H](O)CO)ccc12. The van der Waals surface area contributed by atoms with Crippen molar-refractivity contribution in [3.8, 4) is 0 Å². The predicted molar refractivity (Wildman–Crippen MR) is 66.8 cm³/mol. The monoisotopic (exact) mass is 282 g/mol. The summed E-state index contributed by atoms with van der Waals surface area (Å²) in [5, 5.41) is 41.0. The molecule has 2 aromatic rings. The van der Waals surface area contributed by atoms with Crippen molar-refractivity contribution in [3.05, 3.63) is 24.2 Å². The number of carbonyl (C=O) groups is 1. The van der Waals surface area contributed by atoms with Gasteiger partial charge in [-0.15, -0.1) is 0 Å². The van der Waals surface area contributed by atoms with Gasteiger partial charge >= 0.3 is 0 Å². The second-order valence-corrected chi connectivity index (χ2v) is 4.21. The summed E-state index contributed by atoms with van der Waals surface area (Å²) in [6.07, 6.45) is -4.19. The summed E-state index contributed by atoms with van der Waals surface area (Å²) in [6.45, 7) is -0.782. The molecule has 108 valence electrons. The van der Waals surface area contributed by atoms with E-state index in [0.717, 1.165) is 6.33 Å². The zero-order chi connectivity index (χ0) is 14.9. The van der Waals surface area contributed by atoms with Gasteiger partial charge in [0.1, 0.15) is 35.8 Å². The molecule has 0 saturated heterocycles. The summed E-state index contributed by atoms with van der Waals surface area (Å²) >= 11 is 0. The number of carbonyl (C=O) groups excluding carboxylic acids is 1. The first-order valence-corrected chi connectivity index (χ1v) is 5.75. The molecule has 0 spiro atoms. The molecule has 0 amide bonds. The van der Waals surface area contributed by atoms with Crippen LogP contribution in [0.15, 0.2) is 18.5 Å². The number of anilines is 1. The predicted octanol–water partition coefficient (Wildman–Crippen LogP) is -2.43. The fourth-order valence-corrected chi connectivity index (χ4v) is 1.76. The largest absolute Gasteiger partial charge is 0.394 e. The first-order chi connectivity index (χ1) is 9.47. The molecule has 9 nitrogen and oxygen atoms in total. The molecule has 20 heavy (non-hydrogen) atoms. The average molecular weight is 282 g/mol. The van der Waals surface area contributed by atoms with Crippen molar-refractivity contribution in [1.29, 1.82) is 0 Å². The van der Waals surface area contributed by atoms with E-state index in [2.05, 4.69) is 10.1 Å². The molecule has 0 aliphatic carbocycles. The standard InChI is InChI=1S/C11H14N4O5/c12-11-6-2-1-5(15(6)14-4-13-11)8(18)10(20)9(19)7(17)3-16/h1-2,4,7,9-10,16-17,19-20H,3H2,(H2,12,13,14)/t7-,9-,10+/m1/s1. The second-order valence-electron chi connectivity index (χ2n) is 4.21. The van der Waals surface area contributed by atoms with Crippen LogP contribution in [0.3, 0.4) is 0 Å². The van der Waals surface area contributed by atoms with Gasteiger partial charge < -0.3 is 26.2 Å². The smallest absolute Gasteiger partial charge is 0.212 e. The minimum Gasteiger partial charge on any atom is -0.394 e. The molecule has 3 atom stereocenters. The van der Waals surface area contributed by atoms with E-state index < -0.39 is 30.7 Å². The third kappa shape index (κ3) is 2.34. The van der Waals surface area contributed by atoms with Crippen LogP contribution in [0.2, 0.25) is 0 Å². The molecule has 0 aliphatic rings. The van der Waals surface area contributed by atoms with Gasteiger partial charge in [0.2, 0.25) is 5.78 Å². The minimum absolute atomic E-state index is 0.0224. The lowest BCUT2D eigenvalue weighted by Crippen LogP contribution is -2.44. The maximum absolute atomic E-state index is 12.1. The van der Waals surface area contributed by atoms with E-state index in [0.29, 0.717) is 5.52 Å². The van der Waals surface area contributed by atoms with Gasteiger partial charge in [-0.3, -0.25) is 4.79 Å². The Hall–Kier alpha value is -2.07. The number of aliphatic hydroxyl groups is 4. The summed E-state index contributed by atoms with van der Waals surface area (Å²) in [4.78, 5) is 15.8. The molecule has 0 saturated carbocycles. The van der Waals surface area contributed by atoms with Gasteiger partial charge in [0.15, 0.2) is 5.82 Å². The first-order valence-electron chi connectivity index (χ1n) is 5.75. The van der Waals surface area contributed by atoms with Crippen LogP contribution in [0, 0.1) is 0 Å². The Kier molecular flexibility index (Phi) is 3.95. The maximum Gasteiger partial charge on any atom is 0.212 e. The Bertz CT molecular complexity index is 628. The lowest BCUT2D eigenvalue weighted by molar-refractivity contribution is -0.0647. The molecule has 0 radical (unpaired) electrons. The van der Waals surface area contributed by atoms with Crippen LogP contribution < -0.4 is 5.73 Å². The topological polar surface area (TPSA) is 154 Å². The van der Waals surface area contributed by atoms with Gasteiger partial charge in [-0.25, -0.2) is 9.50 Å². The highest BCUT2D eigenvalue weighted by molar-refractivity contribution is 5.99. The van der Waals surface area contributed by atoms with E-state index in [9.17, 15) is 20.1 Å². The van der Waals surface area contributed by atoms with Crippen LogP contribution in [0.4, 0.5) is 5.82 Å². The molecule has 9 heteroatoms. The number of rotatable bonds is 5. The Balaban J connectivity index is 2.34. The molecule has 0 bridgehead atoms. The molecule has 2 heterocycles. The van der Waals surface area contributed by atoms with Gasteiger partial charge in [0, 0.05) is 0 Å². The molecule has 2 aromatic heterocycles. The number of aliphatic hydroxyl groups excluding tert-OH is 4. The maximum atomic E-state index is 12.1. The minimum atomic E-state index is -1.90. The van der Waals surface area contributed by atoms with Crippen LogP contribution in [0.5, 0.6) is 0 Å². The summed E-state index contributed by atoms with van der Waals surface area (Å²) < 4.78 is 1.17. The number of fused-ring (bicyclic) bond motifs is 1. The third-order valence-electron chi connectivity index (χ3n) is 2.91. The van der Waals surface area contributed by atoms with Crippen molar-refractivity contribution in [2.75, 3.05) is 12.3 Å². The van der Waals surface area contributed by atoms with E-state index >= 15 is 0 Å². The number of hydrogen-bond donors (Lipinski definition) is 5. The molecule has 2 rings (SSSR count). The Morgan fingerprint density at radius 2 is 2.05 bits per heavy atom. The van der Waals surface area contributed by atoms with Crippen LogP contribution in [-0.4, -0.2) is 65.7 Å². The molecule has 0 aromatic carbocycles. The molecule has 0 aliphatic heterocycles. The highest BCUT2D eigenvalue weighted by Crippen LogP contribution is 2.16. The second kappa shape index (κ2) is 5.51. The van der Waals surface area contributed by atoms with Crippen LogP contribution >= 0.6 is 0 Å². The van der Waals surface area contributed by atoms with Crippen LogP contribution in [0.1, 0.15) is 10.5 Å². The van der Waals surface area contributed by atoms with Gasteiger partial charge in [0.05, 0.1) is 6.61 Å². The summed E-state index contributed by atoms with van der Waals surface area (Å²) in [7, 11) is 0. The van der Waals surface area contributed by atoms with Gasteiger partial charge in [0.25, 0.3) is 0 Å². The molecular formula is C11H14N4O5. The molecule has 0 fully saturated rings. The lowest BCUT2D eigenvalue weighted by Gasteiger charge is -2.20. The van der Waals surface area contributed by atoms with Crippen molar-refractivity contribution in [2.24, 2.45) is 0 Å². The normalized spacial score (nSPS) is 16.0. The van der Waals surface area contributed by atoms with Crippen molar-refractivity contribution in [3.63, 3.8) is 0 Å². The van der Waals surface area contributed by atoms with Gasteiger partial charge in [-0.1, -0.05) is 0 Å². The quantitative estimate of drug-likeness (QED) is 0.379. The Morgan fingerprint density at radius 1 is 1.35 bits per heavy atom. The van der Waals surface area contributed by atoms with E-state index in [4.69, 9.17) is 10.8 Å². The number of Topliss-reactive ketones (excluding diaryl/α,β-unsaturated/α-hetero) is 1. The van der Waals surface area contributed by atoms with E-state index in [-0.39, 0.29) is 11.5 Å².